The van der Waals surface area contributed by atoms with Crippen molar-refractivity contribution in [2.45, 2.75) is 55.4 Å². The molecule has 1 nitrogen and oxygen atoms in total. The van der Waals surface area contributed by atoms with Crippen LogP contribution in [0.2, 0.25) is 0 Å². The Morgan fingerprint density at radius 3 is 1.38 bits per heavy atom. The first-order valence-corrected chi connectivity index (χ1v) is 6.16. The van der Waals surface area contributed by atoms with Crippen molar-refractivity contribution < 1.29 is 0 Å². The monoisotopic (exact) mass is 227 g/mol. The molecule has 0 heterocycles. The van der Waals surface area contributed by atoms with Crippen LogP contribution in [0.1, 0.15) is 55.4 Å². The standard InChI is InChI=1S/C13H29N.C2H4/c1-11(2,3)9-14-10-13(7,8)12(4,5)6;1-2/h14H,9-10H2,1-8H3;1-2H2. The van der Waals surface area contributed by atoms with Crippen LogP contribution < -0.4 is 5.32 Å². The van der Waals surface area contributed by atoms with Gasteiger partial charge in [0.2, 0.25) is 0 Å². The summed E-state index contributed by atoms with van der Waals surface area (Å²) in [6, 6.07) is 0. The molecule has 0 fully saturated rings. The molecule has 0 bridgehead atoms. The highest BCUT2D eigenvalue weighted by Gasteiger charge is 2.32. The summed E-state index contributed by atoms with van der Waals surface area (Å²) in [5, 5.41) is 3.57. The van der Waals surface area contributed by atoms with Crippen LogP contribution in [0.25, 0.3) is 0 Å². The van der Waals surface area contributed by atoms with Gasteiger partial charge in [-0.3, -0.25) is 0 Å². The molecule has 0 radical (unpaired) electrons. The van der Waals surface area contributed by atoms with Crippen molar-refractivity contribution in [3.8, 4) is 0 Å². The fraction of sp³-hybridized carbons (Fsp3) is 0.867. The van der Waals surface area contributed by atoms with Gasteiger partial charge in [-0.2, -0.15) is 0 Å². The second-order valence-electron chi connectivity index (χ2n) is 7.30. The Balaban J connectivity index is 0. The second-order valence-corrected chi connectivity index (χ2v) is 7.30. The zero-order chi connectivity index (χ0) is 13.6. The van der Waals surface area contributed by atoms with Crippen molar-refractivity contribution in [2.75, 3.05) is 13.1 Å². The lowest BCUT2D eigenvalue weighted by Gasteiger charge is -2.39. The molecule has 0 saturated heterocycles. The highest BCUT2D eigenvalue weighted by Crippen LogP contribution is 2.37. The minimum Gasteiger partial charge on any atom is -0.316 e. The van der Waals surface area contributed by atoms with Gasteiger partial charge >= 0.3 is 0 Å². The lowest BCUT2D eigenvalue weighted by molar-refractivity contribution is 0.125. The summed E-state index contributed by atoms with van der Waals surface area (Å²) in [5.41, 5.74) is 1.09. The van der Waals surface area contributed by atoms with Crippen LogP contribution in [0.5, 0.6) is 0 Å². The molecule has 1 N–H and O–H groups in total. The summed E-state index contributed by atoms with van der Waals surface area (Å²) < 4.78 is 0. The molecular formula is C15H33N. The summed E-state index contributed by atoms with van der Waals surface area (Å²) in [6.45, 7) is 26.6. The molecule has 0 aromatic heterocycles. The van der Waals surface area contributed by atoms with Gasteiger partial charge in [-0.05, 0) is 16.2 Å². The van der Waals surface area contributed by atoms with E-state index in [-0.39, 0.29) is 0 Å². The molecule has 16 heavy (non-hydrogen) atoms. The Kier molecular flexibility index (Phi) is 7.27. The number of hydrogen-bond acceptors (Lipinski definition) is 1. The summed E-state index contributed by atoms with van der Waals surface area (Å²) in [5.74, 6) is 0. The van der Waals surface area contributed by atoms with Crippen LogP contribution in [0, 0.1) is 16.2 Å². The predicted octanol–water partition coefficient (Wildman–Crippen LogP) is 4.50. The van der Waals surface area contributed by atoms with Gasteiger partial charge < -0.3 is 5.32 Å². The molecular weight excluding hydrogens is 194 g/mol. The van der Waals surface area contributed by atoms with Crippen molar-refractivity contribution in [2.24, 2.45) is 16.2 Å². The van der Waals surface area contributed by atoms with Crippen LogP contribution >= 0.6 is 0 Å². The van der Waals surface area contributed by atoms with E-state index in [1.54, 1.807) is 0 Å². The topological polar surface area (TPSA) is 12.0 Å². The molecule has 0 unspecified atom stereocenters. The van der Waals surface area contributed by atoms with Gasteiger partial charge in [-0.25, -0.2) is 0 Å². The van der Waals surface area contributed by atoms with E-state index in [2.05, 4.69) is 73.9 Å². The van der Waals surface area contributed by atoms with Gasteiger partial charge in [0.25, 0.3) is 0 Å². The van der Waals surface area contributed by atoms with Gasteiger partial charge in [0.1, 0.15) is 0 Å². The molecule has 0 saturated carbocycles. The molecule has 98 valence electrons. The van der Waals surface area contributed by atoms with Gasteiger partial charge in [-0.15, -0.1) is 13.2 Å². The molecule has 0 amide bonds. The quantitative estimate of drug-likeness (QED) is 0.700. The van der Waals surface area contributed by atoms with Gasteiger partial charge in [0, 0.05) is 13.1 Å². The maximum atomic E-state index is 3.57. The normalized spacial score (nSPS) is 13.0. The van der Waals surface area contributed by atoms with Gasteiger partial charge in [0.15, 0.2) is 0 Å². The van der Waals surface area contributed by atoms with Crippen LogP contribution in [0.4, 0.5) is 0 Å². The van der Waals surface area contributed by atoms with E-state index in [4.69, 9.17) is 0 Å². The minimum atomic E-state index is 0.345. The third-order valence-corrected chi connectivity index (χ3v) is 3.25. The molecule has 0 spiro atoms. The Morgan fingerprint density at radius 2 is 1.12 bits per heavy atom. The Hall–Kier alpha value is -0.300. The smallest absolute Gasteiger partial charge is 0.000775 e. The minimum absolute atomic E-state index is 0.345. The SMILES string of the molecule is C=C.CC(C)(C)CNCC(C)(C)C(C)(C)C. The first kappa shape index (κ1) is 18.1. The maximum Gasteiger partial charge on any atom is 0.000775 e. The number of hydrogen-bond donors (Lipinski definition) is 1. The average molecular weight is 227 g/mol. The third-order valence-electron chi connectivity index (χ3n) is 3.25. The van der Waals surface area contributed by atoms with Crippen molar-refractivity contribution >= 4 is 0 Å². The zero-order valence-corrected chi connectivity index (χ0v) is 12.8. The molecule has 0 aliphatic carbocycles. The van der Waals surface area contributed by atoms with E-state index in [0.717, 1.165) is 13.1 Å². The van der Waals surface area contributed by atoms with Crippen molar-refractivity contribution in [1.29, 1.82) is 0 Å². The van der Waals surface area contributed by atoms with E-state index >= 15 is 0 Å². The van der Waals surface area contributed by atoms with Crippen molar-refractivity contribution in [1.82, 2.24) is 5.32 Å². The Labute approximate surface area is 104 Å². The summed E-state index contributed by atoms with van der Waals surface area (Å²) in [7, 11) is 0. The lowest BCUT2D eigenvalue weighted by Crippen LogP contribution is -2.41. The zero-order valence-electron chi connectivity index (χ0n) is 12.8. The molecule has 0 rings (SSSR count). The molecule has 0 aliphatic heterocycles. The summed E-state index contributed by atoms with van der Waals surface area (Å²) >= 11 is 0. The third kappa shape index (κ3) is 7.92. The highest BCUT2D eigenvalue weighted by atomic mass is 14.9. The fourth-order valence-corrected chi connectivity index (χ4v) is 1.02. The highest BCUT2D eigenvalue weighted by molar-refractivity contribution is 4.84. The van der Waals surface area contributed by atoms with E-state index in [1.165, 1.54) is 0 Å². The molecule has 0 aliphatic rings. The van der Waals surface area contributed by atoms with E-state index in [1.807, 2.05) is 0 Å². The van der Waals surface area contributed by atoms with E-state index in [9.17, 15) is 0 Å². The number of nitrogens with one attached hydrogen (secondary N) is 1. The van der Waals surface area contributed by atoms with Crippen LogP contribution in [-0.2, 0) is 0 Å². The predicted molar refractivity (Wildman–Crippen MR) is 76.8 cm³/mol. The van der Waals surface area contributed by atoms with E-state index in [0.29, 0.717) is 16.2 Å². The second kappa shape index (κ2) is 6.44. The fourth-order valence-electron chi connectivity index (χ4n) is 1.02. The van der Waals surface area contributed by atoms with Gasteiger partial charge in [-0.1, -0.05) is 55.4 Å². The molecule has 0 aromatic rings. The van der Waals surface area contributed by atoms with Crippen LogP contribution in [0.15, 0.2) is 13.2 Å². The molecule has 0 atom stereocenters. The maximum absolute atomic E-state index is 3.57. The van der Waals surface area contributed by atoms with Gasteiger partial charge in [0.05, 0.1) is 0 Å². The first-order chi connectivity index (χ1) is 6.96. The van der Waals surface area contributed by atoms with Crippen molar-refractivity contribution in [3.05, 3.63) is 13.2 Å². The van der Waals surface area contributed by atoms with Crippen LogP contribution in [-0.4, -0.2) is 13.1 Å². The molecule has 0 aromatic carbocycles. The Morgan fingerprint density at radius 1 is 0.750 bits per heavy atom. The molecule has 1 heteroatoms. The van der Waals surface area contributed by atoms with E-state index < -0.39 is 0 Å². The van der Waals surface area contributed by atoms with Crippen molar-refractivity contribution in [3.63, 3.8) is 0 Å². The van der Waals surface area contributed by atoms with Crippen LogP contribution in [0.3, 0.4) is 0 Å². The lowest BCUT2D eigenvalue weighted by atomic mass is 9.69. The summed E-state index contributed by atoms with van der Waals surface area (Å²) in [6.07, 6.45) is 0. The summed E-state index contributed by atoms with van der Waals surface area (Å²) in [4.78, 5) is 0. The Bertz CT molecular complexity index is 179. The average Bonchev–Trinajstić information content (AvgIpc) is 2.02. The number of rotatable bonds is 3. The first-order valence-electron chi connectivity index (χ1n) is 6.16. The largest absolute Gasteiger partial charge is 0.316 e.